The summed E-state index contributed by atoms with van der Waals surface area (Å²) < 4.78 is 5.63. The van der Waals surface area contributed by atoms with Crippen LogP contribution >= 0.6 is 35.6 Å². The Morgan fingerprint density at radius 2 is 1.67 bits per heavy atom. The van der Waals surface area contributed by atoms with Gasteiger partial charge in [0.1, 0.15) is 6.10 Å². The molecule has 0 amide bonds. The maximum atomic E-state index is 12.2. The van der Waals surface area contributed by atoms with Gasteiger partial charge < -0.3 is 9.64 Å². The Bertz CT molecular complexity index is 503. The van der Waals surface area contributed by atoms with Gasteiger partial charge in [0.05, 0.1) is 5.56 Å². The van der Waals surface area contributed by atoms with E-state index in [2.05, 4.69) is 11.9 Å². The molecule has 0 radical (unpaired) electrons. The molecule has 116 valence electrons. The molecule has 1 aromatic rings. The number of esters is 1. The summed E-state index contributed by atoms with van der Waals surface area (Å²) in [5, 5.41) is 0.904. The van der Waals surface area contributed by atoms with Crippen LogP contribution in [0, 0.1) is 0 Å². The maximum Gasteiger partial charge on any atom is 0.338 e. The third-order valence-electron chi connectivity index (χ3n) is 4.43. The number of hydrogen-bond acceptors (Lipinski definition) is 3. The minimum Gasteiger partial charge on any atom is -0.459 e. The van der Waals surface area contributed by atoms with Crippen LogP contribution in [0.5, 0.6) is 0 Å². The van der Waals surface area contributed by atoms with Crippen molar-refractivity contribution in [3.63, 3.8) is 0 Å². The molecule has 3 rings (SSSR count). The first-order chi connectivity index (χ1) is 9.52. The summed E-state index contributed by atoms with van der Waals surface area (Å²) in [5.41, 5.74) is 0.425. The maximum absolute atomic E-state index is 12.2. The first-order valence-corrected chi connectivity index (χ1v) is 7.67. The van der Waals surface area contributed by atoms with Crippen molar-refractivity contribution >= 4 is 41.6 Å². The summed E-state index contributed by atoms with van der Waals surface area (Å²) in [4.78, 5) is 14.6. The van der Waals surface area contributed by atoms with E-state index in [4.69, 9.17) is 27.9 Å². The largest absolute Gasteiger partial charge is 0.459 e. The van der Waals surface area contributed by atoms with Crippen LogP contribution in [-0.4, -0.2) is 36.1 Å². The summed E-state index contributed by atoms with van der Waals surface area (Å²) in [6.45, 7) is 0. The first kappa shape index (κ1) is 16.9. The van der Waals surface area contributed by atoms with E-state index in [1.807, 2.05) is 0 Å². The van der Waals surface area contributed by atoms with Crippen molar-refractivity contribution in [1.29, 1.82) is 0 Å². The summed E-state index contributed by atoms with van der Waals surface area (Å²) in [6, 6.07) is 5.90. The van der Waals surface area contributed by atoms with Gasteiger partial charge in [-0.05, 0) is 38.1 Å². The van der Waals surface area contributed by atoms with Crippen LogP contribution in [0.15, 0.2) is 18.2 Å². The number of halogens is 3. The zero-order valence-corrected chi connectivity index (χ0v) is 14.0. The zero-order chi connectivity index (χ0) is 14.3. The second-order valence-electron chi connectivity index (χ2n) is 5.71. The fourth-order valence-corrected chi connectivity index (χ4v) is 3.87. The topological polar surface area (TPSA) is 29.5 Å². The summed E-state index contributed by atoms with van der Waals surface area (Å²) >= 11 is 11.8. The van der Waals surface area contributed by atoms with Crippen LogP contribution in [0.4, 0.5) is 0 Å². The molecule has 3 nitrogen and oxygen atoms in total. The average molecular weight is 351 g/mol. The zero-order valence-electron chi connectivity index (χ0n) is 11.7. The molecule has 0 spiro atoms. The fourth-order valence-electron chi connectivity index (χ4n) is 3.35. The third kappa shape index (κ3) is 3.65. The lowest BCUT2D eigenvalue weighted by atomic mass is 10.0. The van der Waals surface area contributed by atoms with Gasteiger partial charge >= 0.3 is 5.97 Å². The van der Waals surface area contributed by atoms with Crippen molar-refractivity contribution in [2.75, 3.05) is 7.05 Å². The van der Waals surface area contributed by atoms with Gasteiger partial charge in [-0.15, -0.1) is 12.4 Å². The summed E-state index contributed by atoms with van der Waals surface area (Å²) in [5.74, 6) is -0.330. The Morgan fingerprint density at radius 3 is 2.19 bits per heavy atom. The molecule has 0 saturated carbocycles. The third-order valence-corrected chi connectivity index (χ3v) is 4.86. The van der Waals surface area contributed by atoms with Crippen molar-refractivity contribution in [3.05, 3.63) is 33.8 Å². The SMILES string of the molecule is CN1[C@@H]2CC[C@H]1CC(OC(=O)c1cc(Cl)cc(Cl)c1)C2.Cl. The second-order valence-corrected chi connectivity index (χ2v) is 6.58. The normalized spacial score (nSPS) is 28.0. The van der Waals surface area contributed by atoms with Crippen molar-refractivity contribution in [2.24, 2.45) is 0 Å². The molecule has 0 aromatic heterocycles. The van der Waals surface area contributed by atoms with Gasteiger partial charge in [0.2, 0.25) is 0 Å². The van der Waals surface area contributed by atoms with E-state index in [9.17, 15) is 4.79 Å². The minimum atomic E-state index is -0.330. The minimum absolute atomic E-state index is 0. The van der Waals surface area contributed by atoms with Crippen molar-refractivity contribution in [2.45, 2.75) is 43.9 Å². The monoisotopic (exact) mass is 349 g/mol. The van der Waals surface area contributed by atoms with Crippen LogP contribution in [0.3, 0.4) is 0 Å². The van der Waals surface area contributed by atoms with Gasteiger partial charge in [-0.2, -0.15) is 0 Å². The van der Waals surface area contributed by atoms with Gasteiger partial charge in [0.15, 0.2) is 0 Å². The number of benzene rings is 1. The molecule has 1 unspecified atom stereocenters. The molecule has 0 aliphatic carbocycles. The number of hydrogen-bond donors (Lipinski definition) is 0. The number of rotatable bonds is 2. The number of carbonyl (C=O) groups is 1. The number of fused-ring (bicyclic) bond motifs is 2. The number of nitrogens with zero attached hydrogens (tertiary/aromatic N) is 1. The molecule has 0 N–H and O–H groups in total. The first-order valence-electron chi connectivity index (χ1n) is 6.92. The Morgan fingerprint density at radius 1 is 1.14 bits per heavy atom. The second kappa shape index (κ2) is 6.74. The highest BCUT2D eigenvalue weighted by atomic mass is 35.5. The Labute approximate surface area is 140 Å². The predicted molar refractivity (Wildman–Crippen MR) is 86.7 cm³/mol. The molecule has 2 saturated heterocycles. The van der Waals surface area contributed by atoms with Gasteiger partial charge in [-0.3, -0.25) is 0 Å². The molecular weight excluding hydrogens is 333 g/mol. The lowest BCUT2D eigenvalue weighted by Gasteiger charge is -2.35. The lowest BCUT2D eigenvalue weighted by Crippen LogP contribution is -2.43. The summed E-state index contributed by atoms with van der Waals surface area (Å²) in [7, 11) is 2.16. The molecule has 2 heterocycles. The van der Waals surface area contributed by atoms with E-state index in [1.165, 1.54) is 12.8 Å². The average Bonchev–Trinajstić information content (AvgIpc) is 2.61. The van der Waals surface area contributed by atoms with Crippen LogP contribution in [0.2, 0.25) is 10.0 Å². The van der Waals surface area contributed by atoms with Crippen LogP contribution in [0.25, 0.3) is 0 Å². The molecule has 2 fully saturated rings. The van der Waals surface area contributed by atoms with Gasteiger partial charge in [-0.25, -0.2) is 4.79 Å². The smallest absolute Gasteiger partial charge is 0.338 e. The van der Waals surface area contributed by atoms with Crippen molar-refractivity contribution in [3.8, 4) is 0 Å². The van der Waals surface area contributed by atoms with Crippen molar-refractivity contribution < 1.29 is 9.53 Å². The summed E-state index contributed by atoms with van der Waals surface area (Å²) in [6.07, 6.45) is 4.27. The predicted octanol–water partition coefficient (Wildman–Crippen LogP) is 4.20. The fraction of sp³-hybridized carbons (Fsp3) is 0.533. The van der Waals surface area contributed by atoms with E-state index < -0.39 is 0 Å². The highest BCUT2D eigenvalue weighted by Crippen LogP contribution is 2.35. The van der Waals surface area contributed by atoms with E-state index in [-0.39, 0.29) is 24.5 Å². The standard InChI is InChI=1S/C15H17Cl2NO2.ClH/c1-18-12-2-3-13(18)8-14(7-12)20-15(19)9-4-10(16)6-11(17)5-9;/h4-6,12-14H,2-3,7-8H2,1H3;1H/t12-,13+,14?;. The van der Waals surface area contributed by atoms with Gasteiger partial charge in [0.25, 0.3) is 0 Å². The van der Waals surface area contributed by atoms with E-state index in [0.29, 0.717) is 27.7 Å². The number of piperidine rings is 1. The molecule has 3 atom stereocenters. The van der Waals surface area contributed by atoms with E-state index in [1.54, 1.807) is 18.2 Å². The highest BCUT2D eigenvalue weighted by molar-refractivity contribution is 6.35. The van der Waals surface area contributed by atoms with Crippen LogP contribution in [-0.2, 0) is 4.74 Å². The van der Waals surface area contributed by atoms with Gasteiger partial charge in [0, 0.05) is 35.0 Å². The molecule has 2 bridgehead atoms. The quantitative estimate of drug-likeness (QED) is 0.749. The highest BCUT2D eigenvalue weighted by Gasteiger charge is 2.39. The molecule has 2 aliphatic heterocycles. The Hall–Kier alpha value is -0.480. The molecule has 6 heteroatoms. The Balaban J connectivity index is 0.00000161. The molecular formula is C15H18Cl3NO2. The molecule has 1 aromatic carbocycles. The lowest BCUT2D eigenvalue weighted by molar-refractivity contribution is -0.000448. The Kier molecular flexibility index (Phi) is 5.42. The number of carbonyl (C=O) groups excluding carboxylic acids is 1. The van der Waals surface area contributed by atoms with Crippen LogP contribution in [0.1, 0.15) is 36.0 Å². The van der Waals surface area contributed by atoms with E-state index >= 15 is 0 Å². The van der Waals surface area contributed by atoms with Crippen LogP contribution < -0.4 is 0 Å². The molecule has 21 heavy (non-hydrogen) atoms. The van der Waals surface area contributed by atoms with E-state index in [0.717, 1.165) is 12.8 Å². The van der Waals surface area contributed by atoms with Gasteiger partial charge in [-0.1, -0.05) is 23.2 Å². The van der Waals surface area contributed by atoms with Crippen molar-refractivity contribution in [1.82, 2.24) is 4.90 Å². The number of ether oxygens (including phenoxy) is 1. The molecule has 2 aliphatic rings.